The highest BCUT2D eigenvalue weighted by Crippen LogP contribution is 2.16. The number of carbonyl (C=O) groups is 1. The second-order valence-electron chi connectivity index (χ2n) is 4.40. The molecule has 1 aliphatic rings. The number of rotatable bonds is 5. The van der Waals surface area contributed by atoms with Gasteiger partial charge in [-0.15, -0.1) is 0 Å². The van der Waals surface area contributed by atoms with Gasteiger partial charge in [0.15, 0.2) is 0 Å². The molecule has 0 radical (unpaired) electrons. The summed E-state index contributed by atoms with van der Waals surface area (Å²) >= 11 is 0. The summed E-state index contributed by atoms with van der Waals surface area (Å²) in [5, 5.41) is 3.26. The van der Waals surface area contributed by atoms with Crippen LogP contribution in [-0.4, -0.2) is 52.6 Å². The number of ether oxygens (including phenoxy) is 1. The molecule has 1 saturated heterocycles. The Hall–Kier alpha value is -0.860. The number of carbonyl (C=O) groups excluding carboxylic acids is 1. The molecular formula is C10H21N3O4S. The van der Waals surface area contributed by atoms with E-state index in [2.05, 4.69) is 10.1 Å². The molecule has 1 heterocycles. The van der Waals surface area contributed by atoms with Crippen LogP contribution in [0.2, 0.25) is 0 Å². The van der Waals surface area contributed by atoms with E-state index >= 15 is 0 Å². The van der Waals surface area contributed by atoms with Gasteiger partial charge in [0.2, 0.25) is 0 Å². The predicted octanol–water partition coefficient (Wildman–Crippen LogP) is -0.0913. The SMILES string of the molecule is COC(=O)NS(=O)(=O)N(C)CCC1CCNCC1. The Morgan fingerprint density at radius 2 is 2.06 bits per heavy atom. The molecule has 2 N–H and O–H groups in total. The van der Waals surface area contributed by atoms with Gasteiger partial charge in [0, 0.05) is 13.6 Å². The van der Waals surface area contributed by atoms with Crippen LogP contribution in [0.25, 0.3) is 0 Å². The highest BCUT2D eigenvalue weighted by atomic mass is 32.2. The Morgan fingerprint density at radius 3 is 2.61 bits per heavy atom. The molecule has 0 spiro atoms. The van der Waals surface area contributed by atoms with Crippen molar-refractivity contribution in [2.24, 2.45) is 5.92 Å². The van der Waals surface area contributed by atoms with E-state index in [1.54, 1.807) is 0 Å². The molecule has 0 aromatic rings. The minimum absolute atomic E-state index is 0.400. The highest BCUT2D eigenvalue weighted by molar-refractivity contribution is 7.87. The van der Waals surface area contributed by atoms with Crippen LogP contribution in [0.15, 0.2) is 0 Å². The molecule has 1 rings (SSSR count). The summed E-state index contributed by atoms with van der Waals surface area (Å²) in [6.45, 7) is 2.38. The molecule has 18 heavy (non-hydrogen) atoms. The molecule has 0 unspecified atom stereocenters. The molecule has 7 nitrogen and oxygen atoms in total. The molecule has 1 aliphatic heterocycles. The van der Waals surface area contributed by atoms with Crippen molar-refractivity contribution < 1.29 is 17.9 Å². The van der Waals surface area contributed by atoms with E-state index < -0.39 is 16.3 Å². The van der Waals surface area contributed by atoms with Gasteiger partial charge < -0.3 is 10.1 Å². The lowest BCUT2D eigenvalue weighted by Crippen LogP contribution is -2.42. The maximum Gasteiger partial charge on any atom is 0.421 e. The molecule has 0 atom stereocenters. The molecule has 1 fully saturated rings. The van der Waals surface area contributed by atoms with Gasteiger partial charge in [0.05, 0.1) is 7.11 Å². The fourth-order valence-corrected chi connectivity index (χ4v) is 2.68. The van der Waals surface area contributed by atoms with Crippen LogP contribution in [0.4, 0.5) is 4.79 Å². The van der Waals surface area contributed by atoms with Crippen molar-refractivity contribution in [1.29, 1.82) is 0 Å². The first-order chi connectivity index (χ1) is 8.45. The van der Waals surface area contributed by atoms with Crippen LogP contribution in [0.5, 0.6) is 0 Å². The quantitative estimate of drug-likeness (QED) is 0.734. The zero-order chi connectivity index (χ0) is 13.6. The molecule has 0 saturated carbocycles. The van der Waals surface area contributed by atoms with E-state index in [0.29, 0.717) is 12.5 Å². The molecular weight excluding hydrogens is 258 g/mol. The Balaban J connectivity index is 2.38. The second kappa shape index (κ2) is 6.91. The minimum Gasteiger partial charge on any atom is -0.452 e. The maximum absolute atomic E-state index is 11.7. The number of methoxy groups -OCH3 is 1. The summed E-state index contributed by atoms with van der Waals surface area (Å²) < 4.78 is 30.6. The predicted molar refractivity (Wildman–Crippen MR) is 67.3 cm³/mol. The second-order valence-corrected chi connectivity index (χ2v) is 6.18. The van der Waals surface area contributed by atoms with Crippen LogP contribution >= 0.6 is 0 Å². The third-order valence-corrected chi connectivity index (χ3v) is 4.55. The van der Waals surface area contributed by atoms with Crippen molar-refractivity contribution in [2.75, 3.05) is 33.8 Å². The number of hydrogen-bond donors (Lipinski definition) is 2. The van der Waals surface area contributed by atoms with Crippen LogP contribution in [0.1, 0.15) is 19.3 Å². The maximum atomic E-state index is 11.7. The molecule has 0 aliphatic carbocycles. The number of nitrogens with one attached hydrogen (secondary N) is 2. The zero-order valence-corrected chi connectivity index (χ0v) is 11.6. The van der Waals surface area contributed by atoms with Crippen molar-refractivity contribution >= 4 is 16.3 Å². The van der Waals surface area contributed by atoms with Gasteiger partial charge in [0.25, 0.3) is 0 Å². The van der Waals surface area contributed by atoms with E-state index in [0.717, 1.165) is 43.8 Å². The van der Waals surface area contributed by atoms with Crippen LogP contribution < -0.4 is 10.0 Å². The van der Waals surface area contributed by atoms with Crippen molar-refractivity contribution in [2.45, 2.75) is 19.3 Å². The average molecular weight is 279 g/mol. The smallest absolute Gasteiger partial charge is 0.421 e. The standard InChI is InChI=1S/C10H21N3O4S/c1-13(18(15,16)12-10(14)17-2)8-5-9-3-6-11-7-4-9/h9,11H,3-8H2,1-2H3,(H,12,14). The molecule has 106 valence electrons. The zero-order valence-electron chi connectivity index (χ0n) is 10.8. The monoisotopic (exact) mass is 279 g/mol. The van der Waals surface area contributed by atoms with Crippen molar-refractivity contribution in [3.63, 3.8) is 0 Å². The van der Waals surface area contributed by atoms with Gasteiger partial charge in [-0.3, -0.25) is 0 Å². The van der Waals surface area contributed by atoms with Gasteiger partial charge in [0.1, 0.15) is 0 Å². The molecule has 1 amide bonds. The molecule has 8 heteroatoms. The third kappa shape index (κ3) is 4.79. The first-order valence-corrected chi connectivity index (χ1v) is 7.42. The number of amides is 1. The average Bonchev–Trinajstić information content (AvgIpc) is 2.36. The van der Waals surface area contributed by atoms with Crippen LogP contribution in [0, 0.1) is 5.92 Å². The number of nitrogens with zero attached hydrogens (tertiary/aromatic N) is 1. The normalized spacial score (nSPS) is 17.7. The first kappa shape index (κ1) is 15.2. The number of hydrogen-bond acceptors (Lipinski definition) is 5. The Labute approximate surface area is 108 Å². The summed E-state index contributed by atoms with van der Waals surface area (Å²) in [5.74, 6) is 0.544. The minimum atomic E-state index is -3.78. The van der Waals surface area contributed by atoms with Crippen LogP contribution in [0.3, 0.4) is 0 Å². The van der Waals surface area contributed by atoms with Gasteiger partial charge in [-0.05, 0) is 38.3 Å². The van der Waals surface area contributed by atoms with E-state index in [-0.39, 0.29) is 0 Å². The fourth-order valence-electron chi connectivity index (χ4n) is 1.88. The van der Waals surface area contributed by atoms with Gasteiger partial charge in [-0.1, -0.05) is 0 Å². The lowest BCUT2D eigenvalue weighted by molar-refractivity contribution is 0.177. The third-order valence-electron chi connectivity index (χ3n) is 3.12. The lowest BCUT2D eigenvalue weighted by atomic mass is 9.95. The summed E-state index contributed by atoms with van der Waals surface area (Å²) in [6.07, 6.45) is 1.97. The van der Waals surface area contributed by atoms with E-state index in [4.69, 9.17) is 0 Å². The Morgan fingerprint density at radius 1 is 1.44 bits per heavy atom. The van der Waals surface area contributed by atoms with Gasteiger partial charge in [-0.2, -0.15) is 12.7 Å². The largest absolute Gasteiger partial charge is 0.452 e. The van der Waals surface area contributed by atoms with E-state index in [9.17, 15) is 13.2 Å². The fraction of sp³-hybridized carbons (Fsp3) is 0.900. The Bertz CT molecular complexity index is 365. The van der Waals surface area contributed by atoms with Crippen molar-refractivity contribution in [3.8, 4) is 0 Å². The molecule has 0 aromatic carbocycles. The van der Waals surface area contributed by atoms with E-state index in [1.165, 1.54) is 7.05 Å². The van der Waals surface area contributed by atoms with Crippen LogP contribution in [-0.2, 0) is 14.9 Å². The molecule has 0 bridgehead atoms. The lowest BCUT2D eigenvalue weighted by Gasteiger charge is -2.24. The number of piperidine rings is 1. The Kier molecular flexibility index (Phi) is 5.83. The summed E-state index contributed by atoms with van der Waals surface area (Å²) in [6, 6.07) is 0. The highest BCUT2D eigenvalue weighted by Gasteiger charge is 2.22. The van der Waals surface area contributed by atoms with Gasteiger partial charge in [-0.25, -0.2) is 9.52 Å². The first-order valence-electron chi connectivity index (χ1n) is 5.98. The molecule has 0 aromatic heterocycles. The van der Waals surface area contributed by atoms with Gasteiger partial charge >= 0.3 is 16.3 Å². The topological polar surface area (TPSA) is 87.7 Å². The summed E-state index contributed by atoms with van der Waals surface area (Å²) in [4.78, 5) is 10.9. The summed E-state index contributed by atoms with van der Waals surface area (Å²) in [7, 11) is -1.20. The van der Waals surface area contributed by atoms with Crippen molar-refractivity contribution in [1.82, 2.24) is 14.3 Å². The summed E-state index contributed by atoms with van der Waals surface area (Å²) in [5.41, 5.74) is 0. The van der Waals surface area contributed by atoms with E-state index in [1.807, 2.05) is 4.72 Å². The van der Waals surface area contributed by atoms with Crippen molar-refractivity contribution in [3.05, 3.63) is 0 Å².